The Morgan fingerprint density at radius 3 is 2.58 bits per heavy atom. The molecule has 1 N–H and O–H groups in total. The van der Waals surface area contributed by atoms with Crippen LogP contribution in [0.15, 0.2) is 24.4 Å². The predicted octanol–water partition coefficient (Wildman–Crippen LogP) is -0.141. The van der Waals surface area contributed by atoms with E-state index in [4.69, 9.17) is 0 Å². The van der Waals surface area contributed by atoms with Crippen molar-refractivity contribution in [3.8, 4) is 0 Å². The standard InChI is InChI=1S/C18H25N5O3/c24-16-6-3-9-22(16)10-4-8-20-17(25)18(26)23-13-11-21(12-14-23)15-5-1-2-7-19-15/h1-2,5,7H,3-4,6,8-14H2,(H,20,25). The molecule has 0 bridgehead atoms. The second-order valence-electron chi connectivity index (χ2n) is 6.56. The van der Waals surface area contributed by atoms with Crippen molar-refractivity contribution >= 4 is 23.5 Å². The fourth-order valence-electron chi connectivity index (χ4n) is 3.31. The lowest BCUT2D eigenvalue weighted by molar-refractivity contribution is -0.146. The third-order valence-corrected chi connectivity index (χ3v) is 4.80. The number of carbonyl (C=O) groups excluding carboxylic acids is 3. The summed E-state index contributed by atoms with van der Waals surface area (Å²) in [6.45, 7) is 4.17. The van der Waals surface area contributed by atoms with E-state index in [9.17, 15) is 14.4 Å². The van der Waals surface area contributed by atoms with E-state index in [1.165, 1.54) is 0 Å². The maximum atomic E-state index is 12.3. The van der Waals surface area contributed by atoms with Gasteiger partial charge in [-0.3, -0.25) is 14.4 Å². The van der Waals surface area contributed by atoms with Crippen LogP contribution in [0.1, 0.15) is 19.3 Å². The van der Waals surface area contributed by atoms with Gasteiger partial charge in [0, 0.05) is 58.4 Å². The number of hydrogen-bond donors (Lipinski definition) is 1. The molecule has 2 aliphatic rings. The SMILES string of the molecule is O=C(NCCCN1CCCC1=O)C(=O)N1CCN(c2ccccn2)CC1. The minimum atomic E-state index is -0.566. The van der Waals surface area contributed by atoms with Crippen molar-refractivity contribution in [2.24, 2.45) is 0 Å². The summed E-state index contributed by atoms with van der Waals surface area (Å²) in [5, 5.41) is 2.67. The third-order valence-electron chi connectivity index (χ3n) is 4.80. The smallest absolute Gasteiger partial charge is 0.312 e. The molecule has 0 radical (unpaired) electrons. The molecule has 8 nitrogen and oxygen atoms in total. The van der Waals surface area contributed by atoms with Gasteiger partial charge in [-0.15, -0.1) is 0 Å². The molecule has 0 atom stereocenters. The zero-order valence-electron chi connectivity index (χ0n) is 14.9. The van der Waals surface area contributed by atoms with Crippen molar-refractivity contribution in [3.05, 3.63) is 24.4 Å². The highest BCUT2D eigenvalue weighted by Gasteiger charge is 2.26. The maximum Gasteiger partial charge on any atom is 0.312 e. The first-order chi connectivity index (χ1) is 12.6. The van der Waals surface area contributed by atoms with Gasteiger partial charge < -0.3 is 20.0 Å². The molecule has 3 amide bonds. The van der Waals surface area contributed by atoms with Crippen LogP contribution in [0.3, 0.4) is 0 Å². The van der Waals surface area contributed by atoms with Crippen molar-refractivity contribution in [2.45, 2.75) is 19.3 Å². The molecule has 26 heavy (non-hydrogen) atoms. The number of hydrogen-bond acceptors (Lipinski definition) is 5. The highest BCUT2D eigenvalue weighted by atomic mass is 16.2. The molecule has 140 valence electrons. The average Bonchev–Trinajstić information content (AvgIpc) is 3.10. The van der Waals surface area contributed by atoms with E-state index >= 15 is 0 Å². The summed E-state index contributed by atoms with van der Waals surface area (Å²) < 4.78 is 0. The first-order valence-corrected chi connectivity index (χ1v) is 9.16. The van der Waals surface area contributed by atoms with Crippen molar-refractivity contribution in [3.63, 3.8) is 0 Å². The minimum absolute atomic E-state index is 0.179. The van der Waals surface area contributed by atoms with Gasteiger partial charge >= 0.3 is 11.8 Å². The Kier molecular flexibility index (Phi) is 6.04. The second-order valence-corrected chi connectivity index (χ2v) is 6.56. The molecule has 0 saturated carbocycles. The average molecular weight is 359 g/mol. The number of rotatable bonds is 5. The second kappa shape index (κ2) is 8.64. The number of nitrogens with zero attached hydrogens (tertiary/aromatic N) is 4. The highest BCUT2D eigenvalue weighted by molar-refractivity contribution is 6.35. The fourth-order valence-corrected chi connectivity index (χ4v) is 3.31. The lowest BCUT2D eigenvalue weighted by Crippen LogP contribution is -2.53. The molecule has 2 saturated heterocycles. The molecule has 1 aromatic rings. The summed E-state index contributed by atoms with van der Waals surface area (Å²) in [7, 11) is 0. The van der Waals surface area contributed by atoms with Gasteiger partial charge in [0.1, 0.15) is 5.82 Å². The highest BCUT2D eigenvalue weighted by Crippen LogP contribution is 2.12. The van der Waals surface area contributed by atoms with E-state index in [1.807, 2.05) is 23.1 Å². The van der Waals surface area contributed by atoms with E-state index in [1.54, 1.807) is 11.1 Å². The van der Waals surface area contributed by atoms with E-state index in [2.05, 4.69) is 15.2 Å². The summed E-state index contributed by atoms with van der Waals surface area (Å²) in [6.07, 6.45) is 3.94. The maximum absolute atomic E-state index is 12.3. The summed E-state index contributed by atoms with van der Waals surface area (Å²) in [5.41, 5.74) is 0. The van der Waals surface area contributed by atoms with E-state index in [0.29, 0.717) is 52.1 Å². The van der Waals surface area contributed by atoms with Crippen LogP contribution in [0.5, 0.6) is 0 Å². The van der Waals surface area contributed by atoms with Gasteiger partial charge in [-0.1, -0.05) is 6.07 Å². The number of nitrogens with one attached hydrogen (secondary N) is 1. The first-order valence-electron chi connectivity index (χ1n) is 9.16. The summed E-state index contributed by atoms with van der Waals surface area (Å²) >= 11 is 0. The third kappa shape index (κ3) is 4.50. The van der Waals surface area contributed by atoms with Crippen LogP contribution in [0.4, 0.5) is 5.82 Å². The Bertz CT molecular complexity index is 643. The number of likely N-dealkylation sites (tertiary alicyclic amines) is 1. The Hall–Kier alpha value is -2.64. The van der Waals surface area contributed by atoms with Crippen molar-refractivity contribution in [2.75, 3.05) is 50.7 Å². The summed E-state index contributed by atoms with van der Waals surface area (Å²) in [5.74, 6) is 0.0191. The van der Waals surface area contributed by atoms with Gasteiger partial charge in [-0.2, -0.15) is 0 Å². The molecule has 1 aromatic heterocycles. The predicted molar refractivity (Wildman–Crippen MR) is 96.5 cm³/mol. The van der Waals surface area contributed by atoms with Crippen LogP contribution < -0.4 is 10.2 Å². The number of amides is 3. The van der Waals surface area contributed by atoms with Crippen LogP contribution in [-0.4, -0.2) is 78.3 Å². The molecule has 2 aliphatic heterocycles. The zero-order valence-corrected chi connectivity index (χ0v) is 14.9. The Balaban J connectivity index is 1.36. The summed E-state index contributed by atoms with van der Waals surface area (Å²) in [4.78, 5) is 45.6. The fraction of sp³-hybridized carbons (Fsp3) is 0.556. The zero-order chi connectivity index (χ0) is 18.4. The van der Waals surface area contributed by atoms with Crippen molar-refractivity contribution in [1.29, 1.82) is 0 Å². The lowest BCUT2D eigenvalue weighted by atomic mass is 10.3. The van der Waals surface area contributed by atoms with Gasteiger partial charge in [0.25, 0.3) is 0 Å². The Morgan fingerprint density at radius 2 is 1.92 bits per heavy atom. The van der Waals surface area contributed by atoms with Crippen molar-refractivity contribution in [1.82, 2.24) is 20.1 Å². The molecular formula is C18H25N5O3. The first kappa shape index (κ1) is 18.2. The Morgan fingerprint density at radius 1 is 1.12 bits per heavy atom. The lowest BCUT2D eigenvalue weighted by Gasteiger charge is -2.35. The molecule has 3 heterocycles. The minimum Gasteiger partial charge on any atom is -0.353 e. The van der Waals surface area contributed by atoms with E-state index < -0.39 is 11.8 Å². The largest absolute Gasteiger partial charge is 0.353 e. The van der Waals surface area contributed by atoms with Gasteiger partial charge in [0.15, 0.2) is 0 Å². The normalized spacial score (nSPS) is 17.5. The van der Waals surface area contributed by atoms with Gasteiger partial charge in [0.05, 0.1) is 0 Å². The topological polar surface area (TPSA) is 85.8 Å². The molecule has 0 spiro atoms. The summed E-state index contributed by atoms with van der Waals surface area (Å²) in [6, 6.07) is 5.74. The molecule has 0 aromatic carbocycles. The number of piperazine rings is 1. The molecular weight excluding hydrogens is 334 g/mol. The monoisotopic (exact) mass is 359 g/mol. The van der Waals surface area contributed by atoms with Gasteiger partial charge in [-0.25, -0.2) is 4.98 Å². The van der Waals surface area contributed by atoms with Crippen LogP contribution in [-0.2, 0) is 14.4 Å². The van der Waals surface area contributed by atoms with E-state index in [0.717, 1.165) is 18.8 Å². The quantitative estimate of drug-likeness (QED) is 0.584. The number of anilines is 1. The van der Waals surface area contributed by atoms with Crippen LogP contribution in [0.2, 0.25) is 0 Å². The van der Waals surface area contributed by atoms with Crippen LogP contribution in [0.25, 0.3) is 0 Å². The van der Waals surface area contributed by atoms with Gasteiger partial charge in [0.2, 0.25) is 5.91 Å². The molecule has 3 rings (SSSR count). The van der Waals surface area contributed by atoms with Crippen molar-refractivity contribution < 1.29 is 14.4 Å². The number of aromatic nitrogens is 1. The molecule has 0 unspecified atom stereocenters. The molecule has 8 heteroatoms. The van der Waals surface area contributed by atoms with Crippen LogP contribution in [0, 0.1) is 0 Å². The Labute approximate surface area is 153 Å². The molecule has 0 aliphatic carbocycles. The van der Waals surface area contributed by atoms with Crippen LogP contribution >= 0.6 is 0 Å². The van der Waals surface area contributed by atoms with Gasteiger partial charge in [-0.05, 0) is 25.0 Å². The number of pyridine rings is 1. The molecule has 2 fully saturated rings. The number of carbonyl (C=O) groups is 3. The van der Waals surface area contributed by atoms with E-state index in [-0.39, 0.29) is 5.91 Å².